The lowest BCUT2D eigenvalue weighted by Crippen LogP contribution is -2.49. The number of carbonyl (C=O) groups is 1. The number of para-hydroxylation sites is 1. The standard InChI is InChI=1S/C19H25N3O3/c1-13-18(25-15(3)20-13)19(23)22-11-9-21(10-12-22)14(2)16-7-5-6-8-17(16)24-4/h5-8,14H,9-12H2,1-4H3. The van der Waals surface area contributed by atoms with E-state index in [9.17, 15) is 4.79 Å². The third-order valence-corrected chi connectivity index (χ3v) is 4.84. The molecule has 1 aromatic heterocycles. The highest BCUT2D eigenvalue weighted by atomic mass is 16.5. The second kappa shape index (κ2) is 7.27. The first-order valence-electron chi connectivity index (χ1n) is 8.61. The molecule has 0 N–H and O–H groups in total. The van der Waals surface area contributed by atoms with Crippen molar-refractivity contribution in [1.29, 1.82) is 0 Å². The molecule has 2 aromatic rings. The van der Waals surface area contributed by atoms with Crippen LogP contribution < -0.4 is 4.74 Å². The van der Waals surface area contributed by atoms with Gasteiger partial charge in [0.25, 0.3) is 5.91 Å². The van der Waals surface area contributed by atoms with Crippen LogP contribution in [0, 0.1) is 13.8 Å². The number of amides is 1. The molecule has 1 fully saturated rings. The van der Waals surface area contributed by atoms with Gasteiger partial charge in [-0.1, -0.05) is 18.2 Å². The van der Waals surface area contributed by atoms with Crippen molar-refractivity contribution < 1.29 is 13.9 Å². The van der Waals surface area contributed by atoms with Crippen molar-refractivity contribution in [2.75, 3.05) is 33.3 Å². The quantitative estimate of drug-likeness (QED) is 0.854. The summed E-state index contributed by atoms with van der Waals surface area (Å²) in [6.07, 6.45) is 0. The van der Waals surface area contributed by atoms with Gasteiger partial charge in [-0.15, -0.1) is 0 Å². The molecule has 3 rings (SSSR count). The molecule has 6 nitrogen and oxygen atoms in total. The summed E-state index contributed by atoms with van der Waals surface area (Å²) >= 11 is 0. The lowest BCUT2D eigenvalue weighted by atomic mass is 10.0. The first-order valence-corrected chi connectivity index (χ1v) is 8.61. The van der Waals surface area contributed by atoms with Crippen LogP contribution in [0.2, 0.25) is 0 Å². The molecule has 1 unspecified atom stereocenters. The van der Waals surface area contributed by atoms with Gasteiger partial charge in [0.1, 0.15) is 5.75 Å². The van der Waals surface area contributed by atoms with E-state index in [1.807, 2.05) is 30.0 Å². The van der Waals surface area contributed by atoms with Gasteiger partial charge in [0.2, 0.25) is 5.76 Å². The Hall–Kier alpha value is -2.34. The Morgan fingerprint density at radius 1 is 1.20 bits per heavy atom. The molecular formula is C19H25N3O3. The summed E-state index contributed by atoms with van der Waals surface area (Å²) in [7, 11) is 1.70. The Bertz CT molecular complexity index is 748. The summed E-state index contributed by atoms with van der Waals surface area (Å²) in [5, 5.41) is 0. The van der Waals surface area contributed by atoms with Gasteiger partial charge >= 0.3 is 0 Å². The molecule has 6 heteroatoms. The molecule has 1 aliphatic rings. The maximum absolute atomic E-state index is 12.6. The second-order valence-electron chi connectivity index (χ2n) is 6.39. The maximum atomic E-state index is 12.6. The topological polar surface area (TPSA) is 58.8 Å². The molecule has 0 radical (unpaired) electrons. The van der Waals surface area contributed by atoms with Crippen molar-refractivity contribution in [2.24, 2.45) is 0 Å². The van der Waals surface area contributed by atoms with Crippen molar-refractivity contribution in [3.8, 4) is 5.75 Å². The number of methoxy groups -OCH3 is 1. The van der Waals surface area contributed by atoms with E-state index in [1.54, 1.807) is 14.0 Å². The van der Waals surface area contributed by atoms with Crippen LogP contribution in [0.15, 0.2) is 28.7 Å². The van der Waals surface area contributed by atoms with Crippen LogP contribution in [-0.2, 0) is 0 Å². The van der Waals surface area contributed by atoms with Crippen LogP contribution in [0.3, 0.4) is 0 Å². The lowest BCUT2D eigenvalue weighted by molar-refractivity contribution is 0.0549. The van der Waals surface area contributed by atoms with E-state index in [4.69, 9.17) is 9.15 Å². The summed E-state index contributed by atoms with van der Waals surface area (Å²) in [5.41, 5.74) is 1.83. The summed E-state index contributed by atoms with van der Waals surface area (Å²) < 4.78 is 11.0. The van der Waals surface area contributed by atoms with E-state index >= 15 is 0 Å². The van der Waals surface area contributed by atoms with Crippen LogP contribution in [0.4, 0.5) is 0 Å². The number of benzene rings is 1. The molecule has 1 aliphatic heterocycles. The fourth-order valence-corrected chi connectivity index (χ4v) is 3.39. The summed E-state index contributed by atoms with van der Waals surface area (Å²) in [6.45, 7) is 8.74. The molecular weight excluding hydrogens is 318 g/mol. The van der Waals surface area contributed by atoms with E-state index in [0.717, 1.165) is 18.8 Å². The molecule has 1 atom stereocenters. The van der Waals surface area contributed by atoms with Gasteiger partial charge in [-0.05, 0) is 19.9 Å². The van der Waals surface area contributed by atoms with Gasteiger partial charge in [0.15, 0.2) is 5.89 Å². The Balaban J connectivity index is 1.65. The molecule has 0 spiro atoms. The molecule has 25 heavy (non-hydrogen) atoms. The predicted octanol–water partition coefficient (Wildman–Crippen LogP) is 2.82. The highest BCUT2D eigenvalue weighted by molar-refractivity contribution is 5.92. The van der Waals surface area contributed by atoms with Crippen LogP contribution in [0.5, 0.6) is 5.75 Å². The monoisotopic (exact) mass is 343 g/mol. The highest BCUT2D eigenvalue weighted by Gasteiger charge is 2.29. The molecule has 0 bridgehead atoms. The number of hydrogen-bond donors (Lipinski definition) is 0. The summed E-state index contributed by atoms with van der Waals surface area (Å²) in [5.74, 6) is 1.73. The normalized spacial score (nSPS) is 16.7. The number of aromatic nitrogens is 1. The van der Waals surface area contributed by atoms with Gasteiger partial charge in [-0.2, -0.15) is 0 Å². The van der Waals surface area contributed by atoms with Gasteiger partial charge in [-0.25, -0.2) is 4.98 Å². The minimum Gasteiger partial charge on any atom is -0.496 e. The third-order valence-electron chi connectivity index (χ3n) is 4.84. The molecule has 0 saturated carbocycles. The first-order chi connectivity index (χ1) is 12.0. The van der Waals surface area contributed by atoms with E-state index in [0.29, 0.717) is 30.4 Å². The average molecular weight is 343 g/mol. The van der Waals surface area contributed by atoms with Gasteiger partial charge in [0.05, 0.1) is 12.8 Å². The Kier molecular flexibility index (Phi) is 5.08. The zero-order chi connectivity index (χ0) is 18.0. The van der Waals surface area contributed by atoms with Crippen molar-refractivity contribution in [1.82, 2.24) is 14.8 Å². The first kappa shape index (κ1) is 17.5. The summed E-state index contributed by atoms with van der Waals surface area (Å²) in [6, 6.07) is 8.33. The zero-order valence-corrected chi connectivity index (χ0v) is 15.3. The molecule has 2 heterocycles. The number of oxazole rings is 1. The van der Waals surface area contributed by atoms with Crippen molar-refractivity contribution in [3.63, 3.8) is 0 Å². The van der Waals surface area contributed by atoms with E-state index < -0.39 is 0 Å². The number of aryl methyl sites for hydroxylation is 2. The Morgan fingerprint density at radius 2 is 1.88 bits per heavy atom. The van der Waals surface area contributed by atoms with Gasteiger partial charge in [0, 0.05) is 44.7 Å². The minimum absolute atomic E-state index is 0.0669. The number of rotatable bonds is 4. The molecule has 1 aromatic carbocycles. The average Bonchev–Trinajstić information content (AvgIpc) is 2.98. The number of hydrogen-bond acceptors (Lipinski definition) is 5. The summed E-state index contributed by atoms with van der Waals surface area (Å²) in [4.78, 5) is 21.0. The fourth-order valence-electron chi connectivity index (χ4n) is 3.39. The molecule has 0 aliphatic carbocycles. The zero-order valence-electron chi connectivity index (χ0n) is 15.3. The second-order valence-corrected chi connectivity index (χ2v) is 6.39. The largest absolute Gasteiger partial charge is 0.496 e. The van der Waals surface area contributed by atoms with Crippen LogP contribution in [0.25, 0.3) is 0 Å². The lowest BCUT2D eigenvalue weighted by Gasteiger charge is -2.38. The highest BCUT2D eigenvalue weighted by Crippen LogP contribution is 2.29. The van der Waals surface area contributed by atoms with E-state index in [2.05, 4.69) is 22.9 Å². The number of ether oxygens (including phenoxy) is 1. The van der Waals surface area contributed by atoms with E-state index in [1.165, 1.54) is 5.56 Å². The van der Waals surface area contributed by atoms with E-state index in [-0.39, 0.29) is 11.9 Å². The molecule has 134 valence electrons. The number of nitrogens with zero attached hydrogens (tertiary/aromatic N) is 3. The number of carbonyl (C=O) groups excluding carboxylic acids is 1. The molecule has 1 amide bonds. The fraction of sp³-hybridized carbons (Fsp3) is 0.474. The maximum Gasteiger partial charge on any atom is 0.291 e. The van der Waals surface area contributed by atoms with Crippen LogP contribution in [-0.4, -0.2) is 54.0 Å². The minimum atomic E-state index is -0.0669. The Labute approximate surface area is 148 Å². The third kappa shape index (κ3) is 3.54. The van der Waals surface area contributed by atoms with Crippen molar-refractivity contribution >= 4 is 5.91 Å². The van der Waals surface area contributed by atoms with Crippen molar-refractivity contribution in [3.05, 3.63) is 47.2 Å². The van der Waals surface area contributed by atoms with Gasteiger partial charge < -0.3 is 14.1 Å². The predicted molar refractivity (Wildman–Crippen MR) is 94.9 cm³/mol. The SMILES string of the molecule is COc1ccccc1C(C)N1CCN(C(=O)c2oc(C)nc2C)CC1. The van der Waals surface area contributed by atoms with Crippen LogP contribution >= 0.6 is 0 Å². The Morgan fingerprint density at radius 3 is 2.48 bits per heavy atom. The molecule has 1 saturated heterocycles. The van der Waals surface area contributed by atoms with Gasteiger partial charge in [-0.3, -0.25) is 9.69 Å². The smallest absolute Gasteiger partial charge is 0.291 e. The van der Waals surface area contributed by atoms with Crippen LogP contribution in [0.1, 0.15) is 40.7 Å². The van der Waals surface area contributed by atoms with Crippen molar-refractivity contribution in [2.45, 2.75) is 26.8 Å². The number of piperazine rings is 1.